The summed E-state index contributed by atoms with van der Waals surface area (Å²) in [5.74, 6) is 0. The van der Waals surface area contributed by atoms with Gasteiger partial charge in [0.1, 0.15) is 0 Å². The molecule has 0 unspecified atom stereocenters. The normalized spacial score (nSPS) is 15.6. The van der Waals surface area contributed by atoms with Crippen molar-refractivity contribution >= 4 is 0 Å². The third-order valence-corrected chi connectivity index (χ3v) is 5.50. The maximum absolute atomic E-state index is 4.87. The fourth-order valence-electron chi connectivity index (χ4n) is 3.73. The lowest BCUT2D eigenvalue weighted by atomic mass is 10.1. The first kappa shape index (κ1) is 19.8. The molecule has 1 aliphatic heterocycles. The topological polar surface area (TPSA) is 49.2 Å². The van der Waals surface area contributed by atoms with E-state index in [0.717, 1.165) is 30.0 Å². The molecular weight excluding hydrogens is 360 g/mol. The number of benzene rings is 1. The number of rotatable bonds is 8. The standard InChI is InChI=1S/C23H30N6/c1-27-14-16-28(17-15-27)13-5-10-25-18-21-19-29(22-6-3-2-4-7-22)26-23(21)20-8-11-24-12-9-20/h2-4,6-9,11-12,19,25H,5,10,13-18H2,1H3. The van der Waals surface area contributed by atoms with Gasteiger partial charge in [-0.3, -0.25) is 4.98 Å². The van der Waals surface area contributed by atoms with Gasteiger partial charge in [-0.1, -0.05) is 18.2 Å². The van der Waals surface area contributed by atoms with Gasteiger partial charge in [0.15, 0.2) is 0 Å². The zero-order chi connectivity index (χ0) is 19.9. The number of piperazine rings is 1. The molecule has 6 nitrogen and oxygen atoms in total. The van der Waals surface area contributed by atoms with Crippen LogP contribution in [0.1, 0.15) is 12.0 Å². The van der Waals surface area contributed by atoms with Crippen LogP contribution in [-0.4, -0.2) is 70.9 Å². The summed E-state index contributed by atoms with van der Waals surface area (Å²) in [6.45, 7) is 7.73. The van der Waals surface area contributed by atoms with Gasteiger partial charge in [0, 0.05) is 62.4 Å². The second-order valence-electron chi connectivity index (χ2n) is 7.69. The summed E-state index contributed by atoms with van der Waals surface area (Å²) in [7, 11) is 2.20. The van der Waals surface area contributed by atoms with Gasteiger partial charge >= 0.3 is 0 Å². The third-order valence-electron chi connectivity index (χ3n) is 5.50. The van der Waals surface area contributed by atoms with E-state index in [-0.39, 0.29) is 0 Å². The Balaban J connectivity index is 1.37. The van der Waals surface area contributed by atoms with Crippen molar-refractivity contribution < 1.29 is 0 Å². The predicted octanol–water partition coefficient (Wildman–Crippen LogP) is 2.66. The highest BCUT2D eigenvalue weighted by molar-refractivity contribution is 5.62. The zero-order valence-corrected chi connectivity index (χ0v) is 17.2. The molecule has 1 fully saturated rings. The lowest BCUT2D eigenvalue weighted by Gasteiger charge is -2.32. The van der Waals surface area contributed by atoms with Crippen LogP contribution in [0.25, 0.3) is 16.9 Å². The number of para-hydroxylation sites is 1. The molecule has 1 aromatic carbocycles. The van der Waals surface area contributed by atoms with E-state index in [9.17, 15) is 0 Å². The molecule has 1 aliphatic rings. The number of nitrogens with zero attached hydrogens (tertiary/aromatic N) is 5. The highest BCUT2D eigenvalue weighted by Crippen LogP contribution is 2.23. The van der Waals surface area contributed by atoms with Gasteiger partial charge in [-0.2, -0.15) is 5.10 Å². The first-order valence-electron chi connectivity index (χ1n) is 10.5. The van der Waals surface area contributed by atoms with Crippen molar-refractivity contribution in [1.82, 2.24) is 29.9 Å². The lowest BCUT2D eigenvalue weighted by molar-refractivity contribution is 0.153. The minimum atomic E-state index is 0.813. The van der Waals surface area contributed by atoms with Gasteiger partial charge in [-0.15, -0.1) is 0 Å². The predicted molar refractivity (Wildman–Crippen MR) is 117 cm³/mol. The number of hydrogen-bond acceptors (Lipinski definition) is 5. The van der Waals surface area contributed by atoms with Gasteiger partial charge in [0.2, 0.25) is 0 Å². The molecule has 0 saturated carbocycles. The number of pyridine rings is 1. The van der Waals surface area contributed by atoms with Crippen molar-refractivity contribution in [3.8, 4) is 16.9 Å². The molecular formula is C23H30N6. The molecule has 1 N–H and O–H groups in total. The fourth-order valence-corrected chi connectivity index (χ4v) is 3.73. The van der Waals surface area contributed by atoms with Crippen LogP contribution in [0, 0.1) is 0 Å². The van der Waals surface area contributed by atoms with Gasteiger partial charge in [0.05, 0.1) is 11.4 Å². The van der Waals surface area contributed by atoms with Crippen LogP contribution in [0.4, 0.5) is 0 Å². The molecule has 0 radical (unpaired) electrons. The smallest absolute Gasteiger partial charge is 0.0973 e. The quantitative estimate of drug-likeness (QED) is 0.599. The maximum Gasteiger partial charge on any atom is 0.0973 e. The largest absolute Gasteiger partial charge is 0.312 e. The Morgan fingerprint density at radius 1 is 0.966 bits per heavy atom. The SMILES string of the molecule is CN1CCN(CCCNCc2cn(-c3ccccc3)nc2-c2ccncc2)CC1. The minimum Gasteiger partial charge on any atom is -0.312 e. The van der Waals surface area contributed by atoms with Crippen LogP contribution >= 0.6 is 0 Å². The van der Waals surface area contributed by atoms with Crippen LogP contribution in [0.3, 0.4) is 0 Å². The number of nitrogens with one attached hydrogen (secondary N) is 1. The Morgan fingerprint density at radius 2 is 1.72 bits per heavy atom. The van der Waals surface area contributed by atoms with Gasteiger partial charge in [-0.05, 0) is 50.8 Å². The maximum atomic E-state index is 4.87. The third kappa shape index (κ3) is 5.29. The Hall–Kier alpha value is -2.54. The molecule has 2 aromatic heterocycles. The van der Waals surface area contributed by atoms with Crippen LogP contribution in [0.2, 0.25) is 0 Å². The van der Waals surface area contributed by atoms with Gasteiger partial charge < -0.3 is 15.1 Å². The van der Waals surface area contributed by atoms with E-state index >= 15 is 0 Å². The Morgan fingerprint density at radius 3 is 2.48 bits per heavy atom. The highest BCUT2D eigenvalue weighted by atomic mass is 15.3. The number of likely N-dealkylation sites (N-methyl/N-ethyl adjacent to an activating group) is 1. The summed E-state index contributed by atoms with van der Waals surface area (Å²) in [5, 5.41) is 8.49. The summed E-state index contributed by atoms with van der Waals surface area (Å²) in [5.41, 5.74) is 4.40. The average molecular weight is 391 g/mol. The van der Waals surface area contributed by atoms with Gasteiger partial charge in [-0.25, -0.2) is 4.68 Å². The zero-order valence-electron chi connectivity index (χ0n) is 17.2. The van der Waals surface area contributed by atoms with Gasteiger partial charge in [0.25, 0.3) is 0 Å². The summed E-state index contributed by atoms with van der Waals surface area (Å²) in [6, 6.07) is 14.3. The van der Waals surface area contributed by atoms with E-state index in [1.54, 1.807) is 0 Å². The van der Waals surface area contributed by atoms with E-state index in [2.05, 4.69) is 45.5 Å². The first-order valence-corrected chi connectivity index (χ1v) is 10.5. The summed E-state index contributed by atoms with van der Waals surface area (Å²) < 4.78 is 1.97. The molecule has 3 aromatic rings. The highest BCUT2D eigenvalue weighted by Gasteiger charge is 2.14. The molecule has 0 atom stereocenters. The van der Waals surface area contributed by atoms with Crippen molar-refractivity contribution in [1.29, 1.82) is 0 Å². The molecule has 1 saturated heterocycles. The minimum absolute atomic E-state index is 0.813. The second-order valence-corrected chi connectivity index (χ2v) is 7.69. The summed E-state index contributed by atoms with van der Waals surface area (Å²) in [4.78, 5) is 9.11. The van der Waals surface area contributed by atoms with Crippen LogP contribution in [0.5, 0.6) is 0 Å². The van der Waals surface area contributed by atoms with Crippen LogP contribution in [-0.2, 0) is 6.54 Å². The fraction of sp³-hybridized carbons (Fsp3) is 0.391. The van der Waals surface area contributed by atoms with Crippen LogP contribution < -0.4 is 5.32 Å². The summed E-state index contributed by atoms with van der Waals surface area (Å²) in [6.07, 6.45) is 6.95. The molecule has 3 heterocycles. The Kier molecular flexibility index (Phi) is 6.67. The Labute approximate surface area is 173 Å². The molecule has 6 heteroatoms. The van der Waals surface area contributed by atoms with Crippen molar-refractivity contribution in [2.45, 2.75) is 13.0 Å². The Bertz CT molecular complexity index is 869. The van der Waals surface area contributed by atoms with E-state index in [4.69, 9.17) is 5.10 Å². The van der Waals surface area contributed by atoms with Crippen LogP contribution in [0.15, 0.2) is 61.1 Å². The summed E-state index contributed by atoms with van der Waals surface area (Å²) >= 11 is 0. The first-order chi connectivity index (χ1) is 14.3. The van der Waals surface area contributed by atoms with Crippen molar-refractivity contribution in [3.63, 3.8) is 0 Å². The molecule has 0 amide bonds. The molecule has 0 aliphatic carbocycles. The van der Waals surface area contributed by atoms with E-state index in [1.165, 1.54) is 44.7 Å². The second kappa shape index (κ2) is 9.78. The number of hydrogen-bond donors (Lipinski definition) is 1. The molecule has 152 valence electrons. The molecule has 4 rings (SSSR count). The number of aromatic nitrogens is 3. The van der Waals surface area contributed by atoms with E-state index < -0.39 is 0 Å². The average Bonchev–Trinajstić information content (AvgIpc) is 3.20. The van der Waals surface area contributed by atoms with Crippen molar-refractivity contribution in [3.05, 3.63) is 66.6 Å². The molecule has 0 spiro atoms. The monoisotopic (exact) mass is 390 g/mol. The lowest BCUT2D eigenvalue weighted by Crippen LogP contribution is -2.45. The van der Waals surface area contributed by atoms with Crippen molar-refractivity contribution in [2.75, 3.05) is 46.3 Å². The van der Waals surface area contributed by atoms with E-state index in [0.29, 0.717) is 0 Å². The van der Waals surface area contributed by atoms with Crippen molar-refractivity contribution in [2.24, 2.45) is 0 Å². The molecule has 29 heavy (non-hydrogen) atoms. The molecule has 0 bridgehead atoms. The van der Waals surface area contributed by atoms with E-state index in [1.807, 2.05) is 47.4 Å².